The molecule has 0 aliphatic carbocycles. The van der Waals surface area contributed by atoms with Crippen molar-refractivity contribution in [2.45, 2.75) is 18.3 Å². The number of hydrogen-bond donors (Lipinski definition) is 0. The van der Waals surface area contributed by atoms with Crippen molar-refractivity contribution < 1.29 is 0 Å². The summed E-state index contributed by atoms with van der Waals surface area (Å²) < 4.78 is 0. The van der Waals surface area contributed by atoms with Gasteiger partial charge >= 0.3 is 0 Å². The Morgan fingerprint density at radius 1 is 0.609 bits per heavy atom. The second kappa shape index (κ2) is 7.34. The van der Waals surface area contributed by atoms with Crippen LogP contribution in [0.15, 0.2) is 91.0 Å². The molecule has 3 aromatic carbocycles. The second-order valence-electron chi connectivity index (χ2n) is 5.71. The molecule has 3 aromatic rings. The van der Waals surface area contributed by atoms with E-state index in [1.807, 2.05) is 5.37 Å². The van der Waals surface area contributed by atoms with Crippen LogP contribution in [0, 0.1) is 0 Å². The summed E-state index contributed by atoms with van der Waals surface area (Å²) in [5, 5.41) is 1.85. The molecule has 0 aromatic heterocycles. The maximum Gasteiger partial charge on any atom is 0.0454 e. The molecule has 0 N–H and O–H groups in total. The molecular weight excluding hydrogens is 296 g/mol. The first kappa shape index (κ1) is 15.6. The molecule has 0 saturated carbocycles. The summed E-state index contributed by atoms with van der Waals surface area (Å²) in [6.45, 7) is 0. The zero-order valence-electron chi connectivity index (χ0n) is 13.1. The van der Waals surface area contributed by atoms with Crippen LogP contribution in [0.2, 0.25) is 0 Å². The van der Waals surface area contributed by atoms with E-state index in [0.29, 0.717) is 0 Å². The van der Waals surface area contributed by atoms with Crippen LogP contribution < -0.4 is 0 Å². The summed E-state index contributed by atoms with van der Waals surface area (Å²) in [6.07, 6.45) is 1.86. The van der Waals surface area contributed by atoms with Crippen LogP contribution in [0.4, 0.5) is 0 Å². The van der Waals surface area contributed by atoms with Gasteiger partial charge in [0.1, 0.15) is 0 Å². The third-order valence-corrected chi connectivity index (χ3v) is 4.67. The number of thiocarbonyl (C=S) groups is 1. The van der Waals surface area contributed by atoms with Gasteiger partial charge in [0.25, 0.3) is 0 Å². The summed E-state index contributed by atoms with van der Waals surface area (Å²) in [5.74, 6) is 0. The monoisotopic (exact) mass is 316 g/mol. The van der Waals surface area contributed by atoms with Gasteiger partial charge in [-0.05, 0) is 34.9 Å². The van der Waals surface area contributed by atoms with Gasteiger partial charge in [-0.25, -0.2) is 0 Å². The van der Waals surface area contributed by atoms with Crippen molar-refractivity contribution in [3.8, 4) is 0 Å². The molecule has 0 spiro atoms. The average molecular weight is 316 g/mol. The van der Waals surface area contributed by atoms with Crippen LogP contribution in [0.5, 0.6) is 0 Å². The quantitative estimate of drug-likeness (QED) is 0.409. The zero-order chi connectivity index (χ0) is 16.0. The van der Waals surface area contributed by atoms with Crippen LogP contribution in [0.25, 0.3) is 0 Å². The first-order valence-electron chi connectivity index (χ1n) is 7.98. The van der Waals surface area contributed by atoms with Gasteiger partial charge in [-0.2, -0.15) is 0 Å². The topological polar surface area (TPSA) is 0 Å². The molecular formula is C22H20S. The van der Waals surface area contributed by atoms with Gasteiger partial charge in [-0.1, -0.05) is 103 Å². The van der Waals surface area contributed by atoms with E-state index in [1.165, 1.54) is 16.7 Å². The fourth-order valence-corrected chi connectivity index (χ4v) is 3.49. The summed E-state index contributed by atoms with van der Waals surface area (Å²) in [5.41, 5.74) is 3.77. The molecule has 0 nitrogen and oxygen atoms in total. The lowest BCUT2D eigenvalue weighted by atomic mass is 9.67. The Labute approximate surface area is 143 Å². The van der Waals surface area contributed by atoms with E-state index in [2.05, 4.69) is 91.0 Å². The maximum atomic E-state index is 5.14. The summed E-state index contributed by atoms with van der Waals surface area (Å²) in [4.78, 5) is 0. The third kappa shape index (κ3) is 3.11. The Hall–Kier alpha value is -2.25. The largest absolute Gasteiger partial charge is 0.0935 e. The van der Waals surface area contributed by atoms with E-state index >= 15 is 0 Å². The summed E-state index contributed by atoms with van der Waals surface area (Å²) >= 11 is 5.14. The minimum Gasteiger partial charge on any atom is -0.0935 e. The summed E-state index contributed by atoms with van der Waals surface area (Å²) in [7, 11) is 0. The highest BCUT2D eigenvalue weighted by Crippen LogP contribution is 2.42. The minimum atomic E-state index is -0.168. The van der Waals surface area contributed by atoms with E-state index in [9.17, 15) is 0 Å². The Morgan fingerprint density at radius 2 is 0.957 bits per heavy atom. The highest BCUT2D eigenvalue weighted by atomic mass is 32.1. The maximum absolute atomic E-state index is 5.14. The van der Waals surface area contributed by atoms with E-state index in [1.54, 1.807) is 0 Å². The number of rotatable bonds is 6. The van der Waals surface area contributed by atoms with Crippen LogP contribution >= 0.6 is 12.2 Å². The molecule has 114 valence electrons. The van der Waals surface area contributed by atoms with Crippen LogP contribution in [-0.4, -0.2) is 5.37 Å². The van der Waals surface area contributed by atoms with Gasteiger partial charge in [0.15, 0.2) is 0 Å². The Balaban J connectivity index is 2.27. The average Bonchev–Trinajstić information content (AvgIpc) is 2.65. The molecule has 3 rings (SSSR count). The lowest BCUT2D eigenvalue weighted by molar-refractivity contribution is 0.578. The van der Waals surface area contributed by atoms with Gasteiger partial charge in [0.05, 0.1) is 0 Å². The molecule has 0 fully saturated rings. The predicted octanol–water partition coefficient (Wildman–Crippen LogP) is 5.80. The standard InChI is InChI=1S/C22H20S/c23-18-10-17-22(19-11-4-1-5-12-19,20-13-6-2-7-14-20)21-15-8-3-9-16-21/h1-9,11-16,18H,10,17H2. The van der Waals surface area contributed by atoms with Crippen LogP contribution in [0.3, 0.4) is 0 Å². The summed E-state index contributed by atoms with van der Waals surface area (Å²) in [6, 6.07) is 32.3. The van der Waals surface area contributed by atoms with E-state index in [0.717, 1.165) is 12.8 Å². The molecule has 1 heteroatoms. The Bertz CT molecular complexity index is 636. The van der Waals surface area contributed by atoms with Crippen molar-refractivity contribution in [2.24, 2.45) is 0 Å². The first-order valence-corrected chi connectivity index (χ1v) is 8.45. The molecule has 0 bridgehead atoms. The van der Waals surface area contributed by atoms with Crippen molar-refractivity contribution in [1.82, 2.24) is 0 Å². The third-order valence-electron chi connectivity index (χ3n) is 4.44. The van der Waals surface area contributed by atoms with Crippen LogP contribution in [-0.2, 0) is 5.41 Å². The lowest BCUT2D eigenvalue weighted by Gasteiger charge is -2.36. The molecule has 0 heterocycles. The molecule has 0 saturated heterocycles. The fourth-order valence-electron chi connectivity index (χ4n) is 3.38. The van der Waals surface area contributed by atoms with Crippen LogP contribution in [0.1, 0.15) is 29.5 Å². The minimum absolute atomic E-state index is 0.168. The molecule has 23 heavy (non-hydrogen) atoms. The highest BCUT2D eigenvalue weighted by molar-refractivity contribution is 7.78. The van der Waals surface area contributed by atoms with Gasteiger partial charge in [-0.3, -0.25) is 0 Å². The fraction of sp³-hybridized carbons (Fsp3) is 0.136. The smallest absolute Gasteiger partial charge is 0.0454 e. The van der Waals surface area contributed by atoms with Crippen molar-refractivity contribution in [3.63, 3.8) is 0 Å². The predicted molar refractivity (Wildman–Crippen MR) is 102 cm³/mol. The van der Waals surface area contributed by atoms with E-state index in [4.69, 9.17) is 12.2 Å². The molecule has 0 amide bonds. The van der Waals surface area contributed by atoms with Gasteiger partial charge < -0.3 is 0 Å². The van der Waals surface area contributed by atoms with Gasteiger partial charge in [0.2, 0.25) is 0 Å². The second-order valence-corrected chi connectivity index (χ2v) is 6.04. The van der Waals surface area contributed by atoms with E-state index < -0.39 is 0 Å². The van der Waals surface area contributed by atoms with Gasteiger partial charge in [-0.15, -0.1) is 0 Å². The molecule has 0 aliphatic heterocycles. The van der Waals surface area contributed by atoms with Crippen molar-refractivity contribution in [2.75, 3.05) is 0 Å². The Morgan fingerprint density at radius 3 is 1.26 bits per heavy atom. The molecule has 0 radical (unpaired) electrons. The number of hydrogen-bond acceptors (Lipinski definition) is 1. The lowest BCUT2D eigenvalue weighted by Crippen LogP contribution is -2.29. The zero-order valence-corrected chi connectivity index (χ0v) is 13.9. The molecule has 0 aliphatic rings. The normalized spacial score (nSPS) is 11.1. The van der Waals surface area contributed by atoms with Crippen molar-refractivity contribution >= 4 is 17.6 Å². The van der Waals surface area contributed by atoms with Gasteiger partial charge in [0, 0.05) is 5.41 Å². The van der Waals surface area contributed by atoms with E-state index in [-0.39, 0.29) is 5.41 Å². The molecule has 0 unspecified atom stereocenters. The highest BCUT2D eigenvalue weighted by Gasteiger charge is 2.35. The SMILES string of the molecule is S=CCCC(c1ccccc1)(c1ccccc1)c1ccccc1. The Kier molecular flexibility index (Phi) is 4.99. The van der Waals surface area contributed by atoms with Crippen molar-refractivity contribution in [3.05, 3.63) is 108 Å². The first-order chi connectivity index (χ1) is 11.4. The van der Waals surface area contributed by atoms with Crippen molar-refractivity contribution in [1.29, 1.82) is 0 Å². The molecule has 0 atom stereocenters. The number of benzene rings is 3.